The Bertz CT molecular complexity index is 857. The van der Waals surface area contributed by atoms with Crippen molar-refractivity contribution in [2.45, 2.75) is 63.5 Å². The molecule has 2 aromatic rings. The standard InChI is InChI=1S/C19H23N5O/c25-18-9-8-16(13-6-7-13)22-24(18)11-14-3-2-10-23(14)19-15-4-1-5-17(15)20-12-21-19/h8-9,12-14H,1-7,10-11H2. The topological polar surface area (TPSA) is 63.9 Å². The number of anilines is 1. The number of hydrogen-bond acceptors (Lipinski definition) is 5. The summed E-state index contributed by atoms with van der Waals surface area (Å²) in [6, 6.07) is 3.88. The molecule has 6 heteroatoms. The molecule has 2 fully saturated rings. The van der Waals surface area contributed by atoms with E-state index in [9.17, 15) is 4.79 Å². The largest absolute Gasteiger partial charge is 0.351 e. The molecular weight excluding hydrogens is 314 g/mol. The van der Waals surface area contributed by atoms with Crippen molar-refractivity contribution in [3.05, 3.63) is 45.8 Å². The summed E-state index contributed by atoms with van der Waals surface area (Å²) < 4.78 is 1.68. The van der Waals surface area contributed by atoms with Crippen molar-refractivity contribution in [3.63, 3.8) is 0 Å². The van der Waals surface area contributed by atoms with Crippen molar-refractivity contribution in [2.75, 3.05) is 11.4 Å². The van der Waals surface area contributed by atoms with Gasteiger partial charge in [0, 0.05) is 29.8 Å². The van der Waals surface area contributed by atoms with Crippen molar-refractivity contribution in [2.24, 2.45) is 0 Å². The molecule has 1 aliphatic heterocycles. The molecule has 1 atom stereocenters. The van der Waals surface area contributed by atoms with Crippen LogP contribution in [0, 0.1) is 0 Å². The molecule has 2 aromatic heterocycles. The highest BCUT2D eigenvalue weighted by Gasteiger charge is 2.31. The Balaban J connectivity index is 1.43. The molecule has 0 N–H and O–H groups in total. The van der Waals surface area contributed by atoms with Gasteiger partial charge in [-0.3, -0.25) is 4.79 Å². The third-order valence-corrected chi connectivity index (χ3v) is 5.77. The summed E-state index contributed by atoms with van der Waals surface area (Å²) in [5, 5.41) is 4.64. The zero-order chi connectivity index (χ0) is 16.8. The van der Waals surface area contributed by atoms with Gasteiger partial charge in [0.15, 0.2) is 0 Å². The van der Waals surface area contributed by atoms with Gasteiger partial charge in [-0.15, -0.1) is 0 Å². The third kappa shape index (κ3) is 2.73. The van der Waals surface area contributed by atoms with Gasteiger partial charge in [0.25, 0.3) is 5.56 Å². The van der Waals surface area contributed by atoms with Crippen LogP contribution in [0.15, 0.2) is 23.3 Å². The van der Waals surface area contributed by atoms with Crippen molar-refractivity contribution in [3.8, 4) is 0 Å². The van der Waals surface area contributed by atoms with Crippen LogP contribution in [0.2, 0.25) is 0 Å². The highest BCUT2D eigenvalue weighted by Crippen LogP contribution is 2.38. The average Bonchev–Trinajstić information content (AvgIpc) is 3.18. The molecule has 0 spiro atoms. The smallest absolute Gasteiger partial charge is 0.266 e. The van der Waals surface area contributed by atoms with Crippen molar-refractivity contribution >= 4 is 5.82 Å². The van der Waals surface area contributed by atoms with Crippen LogP contribution in [-0.4, -0.2) is 32.3 Å². The normalized spacial score (nSPS) is 22.4. The fraction of sp³-hybridized carbons (Fsp3) is 0.579. The van der Waals surface area contributed by atoms with E-state index in [0.29, 0.717) is 18.5 Å². The van der Waals surface area contributed by atoms with Crippen molar-refractivity contribution in [1.82, 2.24) is 19.7 Å². The number of rotatable bonds is 4. The van der Waals surface area contributed by atoms with Gasteiger partial charge in [-0.1, -0.05) is 0 Å². The van der Waals surface area contributed by atoms with Crippen LogP contribution in [0.3, 0.4) is 0 Å². The second-order valence-corrected chi connectivity index (χ2v) is 7.52. The van der Waals surface area contributed by atoms with Crippen LogP contribution in [0.25, 0.3) is 0 Å². The van der Waals surface area contributed by atoms with Crippen molar-refractivity contribution < 1.29 is 0 Å². The van der Waals surface area contributed by atoms with Crippen LogP contribution >= 0.6 is 0 Å². The first-order chi connectivity index (χ1) is 12.3. The average molecular weight is 337 g/mol. The minimum absolute atomic E-state index is 0.00386. The molecule has 0 radical (unpaired) electrons. The van der Waals surface area contributed by atoms with Gasteiger partial charge in [-0.2, -0.15) is 5.10 Å². The number of aryl methyl sites for hydroxylation is 1. The van der Waals surface area contributed by atoms with Gasteiger partial charge in [-0.25, -0.2) is 14.6 Å². The molecule has 0 amide bonds. The lowest BCUT2D eigenvalue weighted by Crippen LogP contribution is -2.38. The summed E-state index contributed by atoms with van der Waals surface area (Å²) in [6.07, 6.45) is 9.64. The summed E-state index contributed by atoms with van der Waals surface area (Å²) >= 11 is 0. The van der Waals surface area contributed by atoms with E-state index in [1.807, 2.05) is 6.07 Å². The van der Waals surface area contributed by atoms with E-state index in [0.717, 1.165) is 43.7 Å². The highest BCUT2D eigenvalue weighted by atomic mass is 16.1. The van der Waals surface area contributed by atoms with Gasteiger partial charge in [0.05, 0.1) is 18.3 Å². The molecular formula is C19H23N5O. The summed E-state index contributed by atoms with van der Waals surface area (Å²) in [4.78, 5) is 23.7. The van der Waals surface area contributed by atoms with E-state index in [4.69, 9.17) is 0 Å². The predicted octanol–water partition coefficient (Wildman–Crippen LogP) is 2.07. The van der Waals surface area contributed by atoms with Gasteiger partial charge in [-0.05, 0) is 51.0 Å². The van der Waals surface area contributed by atoms with Crippen molar-refractivity contribution in [1.29, 1.82) is 0 Å². The third-order valence-electron chi connectivity index (χ3n) is 5.77. The van der Waals surface area contributed by atoms with Gasteiger partial charge in [0.1, 0.15) is 12.1 Å². The van der Waals surface area contributed by atoms with E-state index < -0.39 is 0 Å². The Morgan fingerprint density at radius 2 is 2.00 bits per heavy atom. The highest BCUT2D eigenvalue weighted by molar-refractivity contribution is 5.52. The lowest BCUT2D eigenvalue weighted by Gasteiger charge is -2.27. The summed E-state index contributed by atoms with van der Waals surface area (Å²) in [5.74, 6) is 1.66. The zero-order valence-electron chi connectivity index (χ0n) is 14.4. The number of fused-ring (bicyclic) bond motifs is 1. The first-order valence-electron chi connectivity index (χ1n) is 9.47. The number of nitrogens with zero attached hydrogens (tertiary/aromatic N) is 5. The van der Waals surface area contributed by atoms with E-state index in [1.54, 1.807) is 17.1 Å². The fourth-order valence-electron chi connectivity index (χ4n) is 4.29. The summed E-state index contributed by atoms with van der Waals surface area (Å²) in [5.41, 5.74) is 3.61. The molecule has 130 valence electrons. The molecule has 1 saturated carbocycles. The quantitative estimate of drug-likeness (QED) is 0.854. The minimum atomic E-state index is 0.00386. The lowest BCUT2D eigenvalue weighted by atomic mass is 10.2. The molecule has 6 nitrogen and oxygen atoms in total. The predicted molar refractivity (Wildman–Crippen MR) is 94.9 cm³/mol. The van der Waals surface area contributed by atoms with E-state index in [2.05, 4.69) is 20.0 Å². The molecule has 2 aliphatic carbocycles. The maximum atomic E-state index is 12.3. The SMILES string of the molecule is O=c1ccc(C2CC2)nn1CC1CCCN1c1ncnc2c1CCC2. The lowest BCUT2D eigenvalue weighted by molar-refractivity contribution is 0.480. The first-order valence-corrected chi connectivity index (χ1v) is 9.47. The molecule has 3 heterocycles. The molecule has 1 saturated heterocycles. The maximum Gasteiger partial charge on any atom is 0.266 e. The molecule has 1 unspecified atom stereocenters. The van der Waals surface area contributed by atoms with Crippen LogP contribution < -0.4 is 10.5 Å². The molecule has 3 aliphatic rings. The van der Waals surface area contributed by atoms with Gasteiger partial charge < -0.3 is 4.90 Å². The fourth-order valence-corrected chi connectivity index (χ4v) is 4.29. The van der Waals surface area contributed by atoms with E-state index in [1.165, 1.54) is 30.5 Å². The first kappa shape index (κ1) is 15.0. The Morgan fingerprint density at radius 3 is 2.88 bits per heavy atom. The Hall–Kier alpha value is -2.24. The Kier molecular flexibility index (Phi) is 3.57. The van der Waals surface area contributed by atoms with Crippen LogP contribution in [0.5, 0.6) is 0 Å². The second-order valence-electron chi connectivity index (χ2n) is 7.52. The van der Waals surface area contributed by atoms with E-state index in [-0.39, 0.29) is 5.56 Å². The summed E-state index contributed by atoms with van der Waals surface area (Å²) in [6.45, 7) is 1.66. The molecule has 0 aromatic carbocycles. The molecule has 5 rings (SSSR count). The van der Waals surface area contributed by atoms with Gasteiger partial charge >= 0.3 is 0 Å². The monoisotopic (exact) mass is 337 g/mol. The van der Waals surface area contributed by atoms with Gasteiger partial charge in [0.2, 0.25) is 0 Å². The number of aromatic nitrogens is 4. The summed E-state index contributed by atoms with van der Waals surface area (Å²) in [7, 11) is 0. The molecule has 25 heavy (non-hydrogen) atoms. The van der Waals surface area contributed by atoms with Crippen LogP contribution in [-0.2, 0) is 19.4 Å². The minimum Gasteiger partial charge on any atom is -0.351 e. The van der Waals surface area contributed by atoms with E-state index >= 15 is 0 Å². The Morgan fingerprint density at radius 1 is 1.08 bits per heavy atom. The molecule has 0 bridgehead atoms. The number of hydrogen-bond donors (Lipinski definition) is 0. The van der Waals surface area contributed by atoms with Crippen LogP contribution in [0.4, 0.5) is 5.82 Å². The zero-order valence-corrected chi connectivity index (χ0v) is 14.4. The van der Waals surface area contributed by atoms with Crippen LogP contribution in [0.1, 0.15) is 55.0 Å². The Labute approximate surface area is 146 Å². The maximum absolute atomic E-state index is 12.3. The second kappa shape index (κ2) is 5.93.